The lowest BCUT2D eigenvalue weighted by atomic mass is 9.83. The predicted molar refractivity (Wildman–Crippen MR) is 74.6 cm³/mol. The van der Waals surface area contributed by atoms with Gasteiger partial charge in [0.15, 0.2) is 0 Å². The Kier molecular flexibility index (Phi) is 3.76. The van der Waals surface area contributed by atoms with Crippen molar-refractivity contribution in [2.24, 2.45) is 0 Å². The Balaban J connectivity index is 2.22. The van der Waals surface area contributed by atoms with E-state index in [1.165, 1.54) is 5.56 Å². The van der Waals surface area contributed by atoms with Crippen molar-refractivity contribution in [1.82, 2.24) is 5.32 Å². The van der Waals surface area contributed by atoms with Crippen molar-refractivity contribution in [3.63, 3.8) is 0 Å². The lowest BCUT2D eigenvalue weighted by molar-refractivity contribution is 0.145. The molecule has 0 spiro atoms. The quantitative estimate of drug-likeness (QED) is 0.795. The molecule has 0 amide bonds. The molecule has 2 rings (SSSR count). The van der Waals surface area contributed by atoms with Gasteiger partial charge in [-0.05, 0) is 48.9 Å². The first-order valence-corrected chi connectivity index (χ1v) is 6.92. The molecule has 18 heavy (non-hydrogen) atoms. The number of benzene rings is 1. The second-order valence-electron chi connectivity index (χ2n) is 6.40. The minimum Gasteiger partial charge on any atom is -0.317 e. The molecule has 1 fully saturated rings. The van der Waals surface area contributed by atoms with Crippen molar-refractivity contribution in [1.29, 1.82) is 0 Å². The van der Waals surface area contributed by atoms with Gasteiger partial charge in [-0.25, -0.2) is 4.39 Å². The summed E-state index contributed by atoms with van der Waals surface area (Å²) in [6, 6.07) is 8.11. The predicted octanol–water partition coefficient (Wildman–Crippen LogP) is 3.92. The molecule has 1 unspecified atom stereocenters. The lowest BCUT2D eigenvalue weighted by Gasteiger charge is -2.25. The number of rotatable bonds is 1. The minimum absolute atomic E-state index is 0.132. The molecular weight excluding hydrogens is 225 g/mol. The SMILES string of the molecule is CC(C)(C)c1ccc(C2(F)CCCNCC2)cc1. The average Bonchev–Trinajstić information content (AvgIpc) is 2.54. The van der Waals surface area contributed by atoms with Gasteiger partial charge in [-0.15, -0.1) is 0 Å². The smallest absolute Gasteiger partial charge is 0.137 e. The normalized spacial score (nSPS) is 25.8. The van der Waals surface area contributed by atoms with Gasteiger partial charge in [-0.1, -0.05) is 45.0 Å². The summed E-state index contributed by atoms with van der Waals surface area (Å²) in [4.78, 5) is 0. The van der Waals surface area contributed by atoms with Gasteiger partial charge in [-0.3, -0.25) is 0 Å². The number of hydrogen-bond donors (Lipinski definition) is 1. The second kappa shape index (κ2) is 5.00. The third-order valence-corrected chi connectivity index (χ3v) is 3.89. The van der Waals surface area contributed by atoms with Gasteiger partial charge in [0, 0.05) is 0 Å². The van der Waals surface area contributed by atoms with Crippen molar-refractivity contribution in [3.05, 3.63) is 35.4 Å². The summed E-state index contributed by atoms with van der Waals surface area (Å²) in [5, 5.41) is 3.27. The Morgan fingerprint density at radius 2 is 1.72 bits per heavy atom. The summed E-state index contributed by atoms with van der Waals surface area (Å²) in [6.07, 6.45) is 2.13. The van der Waals surface area contributed by atoms with Crippen LogP contribution in [0.15, 0.2) is 24.3 Å². The van der Waals surface area contributed by atoms with Gasteiger partial charge in [0.2, 0.25) is 0 Å². The van der Waals surface area contributed by atoms with E-state index in [4.69, 9.17) is 0 Å². The summed E-state index contributed by atoms with van der Waals surface area (Å²) in [5.74, 6) is 0. The third kappa shape index (κ3) is 2.92. The van der Waals surface area contributed by atoms with Crippen LogP contribution in [0.3, 0.4) is 0 Å². The molecule has 0 saturated carbocycles. The zero-order chi connectivity index (χ0) is 13.2. The van der Waals surface area contributed by atoms with E-state index in [0.29, 0.717) is 12.8 Å². The van der Waals surface area contributed by atoms with E-state index >= 15 is 0 Å². The molecule has 1 aliphatic heterocycles. The van der Waals surface area contributed by atoms with Gasteiger partial charge in [-0.2, -0.15) is 0 Å². The highest BCUT2D eigenvalue weighted by atomic mass is 19.1. The Bertz CT molecular complexity index is 381. The highest BCUT2D eigenvalue weighted by Gasteiger charge is 2.32. The third-order valence-electron chi connectivity index (χ3n) is 3.89. The summed E-state index contributed by atoms with van der Waals surface area (Å²) >= 11 is 0. The van der Waals surface area contributed by atoms with Gasteiger partial charge in [0.25, 0.3) is 0 Å². The van der Waals surface area contributed by atoms with Gasteiger partial charge >= 0.3 is 0 Å². The number of halogens is 1. The average molecular weight is 249 g/mol. The molecule has 0 aromatic heterocycles. The molecule has 0 aliphatic carbocycles. The molecular formula is C16H24FN. The van der Waals surface area contributed by atoms with Crippen molar-refractivity contribution in [3.8, 4) is 0 Å². The van der Waals surface area contributed by atoms with E-state index in [2.05, 4.69) is 38.2 Å². The Hall–Kier alpha value is -0.890. The Labute approximate surface area is 110 Å². The van der Waals surface area contributed by atoms with Crippen molar-refractivity contribution in [2.45, 2.75) is 51.1 Å². The highest BCUT2D eigenvalue weighted by molar-refractivity contribution is 5.31. The van der Waals surface area contributed by atoms with Crippen LogP contribution in [0, 0.1) is 0 Å². The maximum Gasteiger partial charge on any atom is 0.137 e. The van der Waals surface area contributed by atoms with Crippen LogP contribution < -0.4 is 5.32 Å². The first-order chi connectivity index (χ1) is 8.42. The molecule has 1 nitrogen and oxygen atoms in total. The fraction of sp³-hybridized carbons (Fsp3) is 0.625. The van der Waals surface area contributed by atoms with Crippen LogP contribution in [0.5, 0.6) is 0 Å². The summed E-state index contributed by atoms with van der Waals surface area (Å²) < 4.78 is 15.0. The summed E-state index contributed by atoms with van der Waals surface area (Å²) in [7, 11) is 0. The van der Waals surface area contributed by atoms with E-state index in [1.54, 1.807) is 0 Å². The van der Waals surface area contributed by atoms with Crippen LogP contribution in [0.4, 0.5) is 4.39 Å². The molecule has 1 N–H and O–H groups in total. The van der Waals surface area contributed by atoms with Crippen molar-refractivity contribution < 1.29 is 4.39 Å². The van der Waals surface area contributed by atoms with E-state index in [-0.39, 0.29) is 5.41 Å². The molecule has 1 aromatic rings. The minimum atomic E-state index is -1.14. The summed E-state index contributed by atoms with van der Waals surface area (Å²) in [5.41, 5.74) is 1.10. The van der Waals surface area contributed by atoms with Crippen molar-refractivity contribution >= 4 is 0 Å². The largest absolute Gasteiger partial charge is 0.317 e. The molecule has 0 radical (unpaired) electrons. The number of nitrogens with one attached hydrogen (secondary N) is 1. The fourth-order valence-electron chi connectivity index (χ4n) is 2.59. The van der Waals surface area contributed by atoms with E-state index in [9.17, 15) is 4.39 Å². The van der Waals surface area contributed by atoms with Crippen LogP contribution in [-0.4, -0.2) is 13.1 Å². The molecule has 1 aromatic carbocycles. The van der Waals surface area contributed by atoms with Crippen LogP contribution in [0.1, 0.15) is 51.2 Å². The van der Waals surface area contributed by atoms with E-state index in [0.717, 1.165) is 25.1 Å². The molecule has 1 atom stereocenters. The van der Waals surface area contributed by atoms with E-state index in [1.807, 2.05) is 12.1 Å². The highest BCUT2D eigenvalue weighted by Crippen LogP contribution is 2.36. The van der Waals surface area contributed by atoms with Crippen LogP contribution in [-0.2, 0) is 11.1 Å². The number of hydrogen-bond acceptors (Lipinski definition) is 1. The monoisotopic (exact) mass is 249 g/mol. The Morgan fingerprint density at radius 1 is 1.06 bits per heavy atom. The number of alkyl halides is 1. The lowest BCUT2D eigenvalue weighted by Crippen LogP contribution is -2.22. The molecule has 1 aliphatic rings. The zero-order valence-electron chi connectivity index (χ0n) is 11.7. The van der Waals surface area contributed by atoms with Gasteiger partial charge in [0.1, 0.15) is 5.67 Å². The molecule has 1 heterocycles. The topological polar surface area (TPSA) is 12.0 Å². The van der Waals surface area contributed by atoms with Gasteiger partial charge in [0.05, 0.1) is 0 Å². The molecule has 2 heteroatoms. The zero-order valence-corrected chi connectivity index (χ0v) is 11.7. The van der Waals surface area contributed by atoms with Crippen LogP contribution in [0.2, 0.25) is 0 Å². The first kappa shape index (κ1) is 13.5. The standard InChI is InChI=1S/C16H24FN/c1-15(2,3)13-5-7-14(8-6-13)16(17)9-4-11-18-12-10-16/h5-8,18H,4,9-12H2,1-3H3. The maximum absolute atomic E-state index is 15.0. The fourth-order valence-corrected chi connectivity index (χ4v) is 2.59. The van der Waals surface area contributed by atoms with Crippen LogP contribution in [0.25, 0.3) is 0 Å². The molecule has 1 saturated heterocycles. The molecule has 0 bridgehead atoms. The first-order valence-electron chi connectivity index (χ1n) is 6.92. The molecule has 100 valence electrons. The summed E-state index contributed by atoms with van der Waals surface area (Å²) in [6.45, 7) is 8.26. The van der Waals surface area contributed by atoms with Crippen LogP contribution >= 0.6 is 0 Å². The second-order valence-corrected chi connectivity index (χ2v) is 6.40. The van der Waals surface area contributed by atoms with Gasteiger partial charge < -0.3 is 5.32 Å². The van der Waals surface area contributed by atoms with Crippen molar-refractivity contribution in [2.75, 3.05) is 13.1 Å². The van der Waals surface area contributed by atoms with E-state index < -0.39 is 5.67 Å². The maximum atomic E-state index is 15.0. The Morgan fingerprint density at radius 3 is 2.33 bits per heavy atom.